The van der Waals surface area contributed by atoms with E-state index in [0.717, 1.165) is 37.7 Å². The lowest BCUT2D eigenvalue weighted by Gasteiger charge is -2.34. The van der Waals surface area contributed by atoms with E-state index in [2.05, 4.69) is 5.32 Å². The van der Waals surface area contributed by atoms with Crippen LogP contribution >= 0.6 is 0 Å². The molecule has 8 nitrogen and oxygen atoms in total. The molecule has 10 heteroatoms. The normalized spacial score (nSPS) is 17.0. The molecule has 1 N–H and O–H groups in total. The molecule has 0 radical (unpaired) electrons. The highest BCUT2D eigenvalue weighted by molar-refractivity contribution is 7.90. The number of sulfonamides is 1. The Morgan fingerprint density at radius 2 is 1.60 bits per heavy atom. The maximum Gasteiger partial charge on any atom is 0.269 e. The molecular weight excluding hydrogens is 557 g/mol. The van der Waals surface area contributed by atoms with Gasteiger partial charge in [-0.25, -0.2) is 17.1 Å². The van der Waals surface area contributed by atoms with E-state index in [0.29, 0.717) is 4.31 Å². The van der Waals surface area contributed by atoms with Crippen LogP contribution in [0.1, 0.15) is 60.0 Å². The molecule has 3 amide bonds. The van der Waals surface area contributed by atoms with E-state index in [1.165, 1.54) is 29.2 Å². The lowest BCUT2D eigenvalue weighted by atomic mass is 9.94. The number of fused-ring (bicyclic) bond motifs is 1. The Morgan fingerprint density at radius 3 is 2.31 bits per heavy atom. The van der Waals surface area contributed by atoms with E-state index in [9.17, 15) is 27.2 Å². The summed E-state index contributed by atoms with van der Waals surface area (Å²) in [5.74, 6) is -2.12. The van der Waals surface area contributed by atoms with Gasteiger partial charge in [0.25, 0.3) is 15.9 Å². The van der Waals surface area contributed by atoms with Crippen LogP contribution in [0.2, 0.25) is 0 Å². The van der Waals surface area contributed by atoms with Crippen molar-refractivity contribution in [3.8, 4) is 0 Å². The third-order valence-electron chi connectivity index (χ3n) is 7.96. The van der Waals surface area contributed by atoms with E-state index < -0.39 is 40.2 Å². The number of rotatable bonds is 10. The van der Waals surface area contributed by atoms with Gasteiger partial charge in [0, 0.05) is 37.5 Å². The van der Waals surface area contributed by atoms with E-state index in [-0.39, 0.29) is 47.4 Å². The predicted molar refractivity (Wildman–Crippen MR) is 155 cm³/mol. The Hall–Kier alpha value is -4.05. The van der Waals surface area contributed by atoms with E-state index in [1.807, 2.05) is 30.3 Å². The van der Waals surface area contributed by atoms with Crippen LogP contribution in [-0.4, -0.2) is 54.0 Å². The molecular formula is C32H34FN3O5S. The topological polar surface area (TPSA) is 104 Å². The summed E-state index contributed by atoms with van der Waals surface area (Å²) >= 11 is 0. The van der Waals surface area contributed by atoms with Crippen molar-refractivity contribution >= 4 is 27.7 Å². The first-order valence-electron chi connectivity index (χ1n) is 14.3. The molecule has 3 aromatic rings. The van der Waals surface area contributed by atoms with Gasteiger partial charge in [-0.15, -0.1) is 0 Å². The second-order valence-electron chi connectivity index (χ2n) is 10.8. The Balaban J connectivity index is 1.43. The summed E-state index contributed by atoms with van der Waals surface area (Å²) < 4.78 is 41.7. The second-order valence-corrected chi connectivity index (χ2v) is 12.6. The lowest BCUT2D eigenvalue weighted by molar-refractivity contribution is -0.141. The van der Waals surface area contributed by atoms with Crippen LogP contribution in [0.4, 0.5) is 4.39 Å². The van der Waals surface area contributed by atoms with Crippen molar-refractivity contribution in [3.05, 3.63) is 101 Å². The van der Waals surface area contributed by atoms with Gasteiger partial charge in [0.1, 0.15) is 16.8 Å². The minimum atomic E-state index is -4.11. The fraction of sp³-hybridized carbons (Fsp3) is 0.344. The average Bonchev–Trinajstić information content (AvgIpc) is 3.19. The third-order valence-corrected chi connectivity index (χ3v) is 9.80. The molecule has 5 rings (SSSR count). The molecule has 0 spiro atoms. The Kier molecular flexibility index (Phi) is 9.01. The largest absolute Gasteiger partial charge is 0.352 e. The maximum absolute atomic E-state index is 14.8. The highest BCUT2D eigenvalue weighted by atomic mass is 32.2. The van der Waals surface area contributed by atoms with Gasteiger partial charge < -0.3 is 10.2 Å². The Bertz CT molecular complexity index is 1560. The summed E-state index contributed by atoms with van der Waals surface area (Å²) in [7, 11) is -4.11. The number of carbonyl (C=O) groups excluding carboxylic acids is 3. The van der Waals surface area contributed by atoms with E-state index >= 15 is 0 Å². The number of halogens is 1. The zero-order valence-electron chi connectivity index (χ0n) is 23.2. The SMILES string of the molecule is O=C(NC1CCCCC1)C(Cc1ccccc1)N(Cc1ccccc1F)C(=O)CCN1C(=O)c2ccccc2S1(=O)=O. The van der Waals surface area contributed by atoms with Gasteiger partial charge in [0.05, 0.1) is 5.56 Å². The Morgan fingerprint density at radius 1 is 0.929 bits per heavy atom. The minimum absolute atomic E-state index is 0.0131. The van der Waals surface area contributed by atoms with Crippen molar-refractivity contribution < 1.29 is 27.2 Å². The van der Waals surface area contributed by atoms with Gasteiger partial charge in [-0.05, 0) is 36.6 Å². The first-order chi connectivity index (χ1) is 20.3. The molecule has 0 saturated heterocycles. The number of hydrogen-bond acceptors (Lipinski definition) is 5. The average molecular weight is 592 g/mol. The maximum atomic E-state index is 14.8. The zero-order valence-corrected chi connectivity index (χ0v) is 24.1. The smallest absolute Gasteiger partial charge is 0.269 e. The molecule has 1 aliphatic heterocycles. The number of amides is 3. The van der Waals surface area contributed by atoms with E-state index in [1.54, 1.807) is 24.3 Å². The fourth-order valence-corrected chi connectivity index (χ4v) is 7.27. The van der Waals surface area contributed by atoms with Crippen LogP contribution < -0.4 is 5.32 Å². The van der Waals surface area contributed by atoms with Crippen molar-refractivity contribution in [3.63, 3.8) is 0 Å². The lowest BCUT2D eigenvalue weighted by Crippen LogP contribution is -2.53. The van der Waals surface area contributed by atoms with Crippen molar-refractivity contribution in [2.75, 3.05) is 6.54 Å². The van der Waals surface area contributed by atoms with Crippen molar-refractivity contribution in [2.45, 2.75) is 68.5 Å². The van der Waals surface area contributed by atoms with Gasteiger partial charge >= 0.3 is 0 Å². The highest BCUT2D eigenvalue weighted by Crippen LogP contribution is 2.30. The molecule has 1 heterocycles. The molecule has 1 unspecified atom stereocenters. The molecule has 3 aromatic carbocycles. The van der Waals surface area contributed by atoms with Gasteiger partial charge in [0.2, 0.25) is 11.8 Å². The van der Waals surface area contributed by atoms with Gasteiger partial charge in [0.15, 0.2) is 0 Å². The predicted octanol–water partition coefficient (Wildman–Crippen LogP) is 4.45. The van der Waals surface area contributed by atoms with Crippen LogP contribution in [0.5, 0.6) is 0 Å². The first kappa shape index (κ1) is 29.4. The van der Waals surface area contributed by atoms with Crippen LogP contribution in [-0.2, 0) is 32.6 Å². The summed E-state index contributed by atoms with van der Waals surface area (Å²) in [6, 6.07) is 20.2. The van der Waals surface area contributed by atoms with Crippen LogP contribution in [0.15, 0.2) is 83.8 Å². The first-order valence-corrected chi connectivity index (χ1v) is 15.7. The fourth-order valence-electron chi connectivity index (χ4n) is 5.70. The minimum Gasteiger partial charge on any atom is -0.352 e. The standard InChI is InChI=1S/C32H34FN3O5S/c33-27-17-9-7-13-24(27)22-35(30(37)19-20-36-32(39)26-16-8-10-18-29(26)42(36,40)41)28(21-23-11-3-1-4-12-23)31(38)34-25-14-5-2-6-15-25/h1,3-4,7-13,16-18,25,28H,2,5-6,14-15,19-22H2,(H,34,38). The molecule has 0 aromatic heterocycles. The molecule has 1 fully saturated rings. The summed E-state index contributed by atoms with van der Waals surface area (Å²) in [6.45, 7) is -0.591. The summed E-state index contributed by atoms with van der Waals surface area (Å²) in [6.07, 6.45) is 4.64. The molecule has 42 heavy (non-hydrogen) atoms. The number of hydrogen-bond donors (Lipinski definition) is 1. The molecule has 1 atom stereocenters. The van der Waals surface area contributed by atoms with Gasteiger partial charge in [-0.3, -0.25) is 14.4 Å². The highest BCUT2D eigenvalue weighted by Gasteiger charge is 2.41. The number of carbonyl (C=O) groups is 3. The van der Waals surface area contributed by atoms with Crippen LogP contribution in [0.25, 0.3) is 0 Å². The number of nitrogens with zero attached hydrogens (tertiary/aromatic N) is 2. The Labute approximate surface area is 245 Å². The molecule has 1 saturated carbocycles. The van der Waals surface area contributed by atoms with Gasteiger partial charge in [-0.2, -0.15) is 0 Å². The molecule has 0 bridgehead atoms. The molecule has 1 aliphatic carbocycles. The summed E-state index contributed by atoms with van der Waals surface area (Å²) in [4.78, 5) is 41.9. The number of benzene rings is 3. The van der Waals surface area contributed by atoms with Crippen LogP contribution in [0.3, 0.4) is 0 Å². The zero-order chi connectivity index (χ0) is 29.7. The summed E-state index contributed by atoms with van der Waals surface area (Å²) in [5.41, 5.74) is 1.11. The number of nitrogens with one attached hydrogen (secondary N) is 1. The molecule has 220 valence electrons. The van der Waals surface area contributed by atoms with Crippen molar-refractivity contribution in [2.24, 2.45) is 0 Å². The third kappa shape index (κ3) is 6.38. The quantitative estimate of drug-likeness (QED) is 0.375. The van der Waals surface area contributed by atoms with Crippen molar-refractivity contribution in [1.29, 1.82) is 0 Å². The van der Waals surface area contributed by atoms with Crippen molar-refractivity contribution in [1.82, 2.24) is 14.5 Å². The monoisotopic (exact) mass is 591 g/mol. The summed E-state index contributed by atoms with van der Waals surface area (Å²) in [5, 5.41) is 3.12. The second kappa shape index (κ2) is 12.9. The van der Waals surface area contributed by atoms with Crippen LogP contribution in [0, 0.1) is 5.82 Å². The van der Waals surface area contributed by atoms with E-state index in [4.69, 9.17) is 0 Å². The van der Waals surface area contributed by atoms with Gasteiger partial charge in [-0.1, -0.05) is 79.9 Å². The molecule has 2 aliphatic rings.